The van der Waals surface area contributed by atoms with Crippen molar-refractivity contribution < 1.29 is 10.2 Å². The average Bonchev–Trinajstić information content (AvgIpc) is 2.30. The van der Waals surface area contributed by atoms with Gasteiger partial charge in [-0.05, 0) is 17.8 Å². The monoisotopic (exact) mass is 156 g/mol. The summed E-state index contributed by atoms with van der Waals surface area (Å²) >= 11 is 0. The lowest BCUT2D eigenvalue weighted by Gasteiger charge is -2.24. The highest BCUT2D eigenvalue weighted by molar-refractivity contribution is 5.05. The molecular weight excluding hydrogens is 140 g/mol. The van der Waals surface area contributed by atoms with Crippen LogP contribution in [0.3, 0.4) is 0 Å². The first-order chi connectivity index (χ1) is 5.16. The van der Waals surface area contributed by atoms with Crippen molar-refractivity contribution in [2.75, 3.05) is 6.61 Å². The van der Waals surface area contributed by atoms with Gasteiger partial charge in [0.15, 0.2) is 0 Å². The van der Waals surface area contributed by atoms with Crippen molar-refractivity contribution in [1.82, 2.24) is 0 Å². The van der Waals surface area contributed by atoms with Crippen LogP contribution in [0.1, 0.15) is 13.8 Å². The predicted octanol–water partition coefficient (Wildman–Crippen LogP) is 0.798. The third-order valence-corrected chi connectivity index (χ3v) is 2.56. The molecule has 1 aliphatic rings. The van der Waals surface area contributed by atoms with Gasteiger partial charge in [0.25, 0.3) is 0 Å². The van der Waals surface area contributed by atoms with Gasteiger partial charge < -0.3 is 10.2 Å². The van der Waals surface area contributed by atoms with Gasteiger partial charge in [0.1, 0.15) is 0 Å². The Labute approximate surface area is 67.6 Å². The molecule has 0 aromatic rings. The minimum absolute atomic E-state index is 0.124. The molecule has 0 heterocycles. The molecule has 0 amide bonds. The second-order valence-corrected chi connectivity index (χ2v) is 3.43. The van der Waals surface area contributed by atoms with Crippen LogP contribution in [0.2, 0.25) is 0 Å². The summed E-state index contributed by atoms with van der Waals surface area (Å²) in [5, 5.41) is 18.2. The van der Waals surface area contributed by atoms with Crippen LogP contribution in [-0.2, 0) is 0 Å². The fraction of sp³-hybridized carbons (Fsp3) is 0.778. The second-order valence-electron chi connectivity index (χ2n) is 3.43. The van der Waals surface area contributed by atoms with Gasteiger partial charge in [0.05, 0.1) is 12.7 Å². The average molecular weight is 156 g/mol. The van der Waals surface area contributed by atoms with E-state index in [0.717, 1.165) is 0 Å². The maximum Gasteiger partial charge on any atom is 0.0810 e. The Morgan fingerprint density at radius 3 is 2.09 bits per heavy atom. The molecular formula is C9H16O2. The molecule has 3 unspecified atom stereocenters. The topological polar surface area (TPSA) is 40.5 Å². The molecule has 0 saturated heterocycles. The van der Waals surface area contributed by atoms with Crippen LogP contribution in [0.4, 0.5) is 0 Å². The van der Waals surface area contributed by atoms with Crippen molar-refractivity contribution in [2.24, 2.45) is 17.8 Å². The molecule has 0 fully saturated rings. The molecule has 2 heteroatoms. The number of aliphatic hydroxyl groups excluding tert-OH is 2. The molecule has 0 aromatic heterocycles. The van der Waals surface area contributed by atoms with Gasteiger partial charge in [-0.2, -0.15) is 0 Å². The van der Waals surface area contributed by atoms with Gasteiger partial charge in [-0.15, -0.1) is 0 Å². The summed E-state index contributed by atoms with van der Waals surface area (Å²) in [7, 11) is 0. The molecule has 0 aliphatic heterocycles. The quantitative estimate of drug-likeness (QED) is 0.580. The van der Waals surface area contributed by atoms with Crippen molar-refractivity contribution >= 4 is 0 Å². The number of aliphatic hydroxyl groups is 2. The summed E-state index contributed by atoms with van der Waals surface area (Å²) in [5.41, 5.74) is 0. The van der Waals surface area contributed by atoms with Gasteiger partial charge in [0.2, 0.25) is 0 Å². The molecule has 64 valence electrons. The van der Waals surface area contributed by atoms with E-state index in [2.05, 4.69) is 26.0 Å². The fourth-order valence-electron chi connectivity index (χ4n) is 1.91. The van der Waals surface area contributed by atoms with Crippen LogP contribution in [0.15, 0.2) is 12.2 Å². The van der Waals surface area contributed by atoms with Crippen molar-refractivity contribution in [3.05, 3.63) is 12.2 Å². The third-order valence-electron chi connectivity index (χ3n) is 2.56. The second kappa shape index (κ2) is 3.37. The van der Waals surface area contributed by atoms with Crippen molar-refractivity contribution in [3.8, 4) is 0 Å². The smallest absolute Gasteiger partial charge is 0.0810 e. The lowest BCUT2D eigenvalue weighted by atomic mass is 9.86. The molecule has 11 heavy (non-hydrogen) atoms. The van der Waals surface area contributed by atoms with Crippen LogP contribution < -0.4 is 0 Å². The van der Waals surface area contributed by atoms with Gasteiger partial charge >= 0.3 is 0 Å². The summed E-state index contributed by atoms with van der Waals surface area (Å²) < 4.78 is 0. The number of hydrogen-bond donors (Lipinski definition) is 2. The number of rotatable bonds is 2. The highest BCUT2D eigenvalue weighted by Gasteiger charge is 2.31. The molecule has 0 saturated carbocycles. The van der Waals surface area contributed by atoms with E-state index in [0.29, 0.717) is 11.8 Å². The van der Waals surface area contributed by atoms with E-state index in [4.69, 9.17) is 5.11 Å². The van der Waals surface area contributed by atoms with E-state index in [1.165, 1.54) is 0 Å². The van der Waals surface area contributed by atoms with E-state index in [-0.39, 0.29) is 12.5 Å². The standard InChI is InChI=1S/C9H16O2/c1-6-3-4-7(2)9(6)8(11)5-10/h3-4,6-11H,5H2,1-2H3. The molecule has 2 nitrogen and oxygen atoms in total. The van der Waals surface area contributed by atoms with Gasteiger partial charge in [0, 0.05) is 0 Å². The van der Waals surface area contributed by atoms with Gasteiger partial charge in [-0.1, -0.05) is 26.0 Å². The number of allylic oxidation sites excluding steroid dienone is 2. The first-order valence-electron chi connectivity index (χ1n) is 4.14. The molecule has 0 aromatic carbocycles. The molecule has 0 spiro atoms. The summed E-state index contributed by atoms with van der Waals surface area (Å²) in [6.45, 7) is 4.02. The lowest BCUT2D eigenvalue weighted by molar-refractivity contribution is 0.0243. The highest BCUT2D eigenvalue weighted by Crippen LogP contribution is 2.32. The Hall–Kier alpha value is -0.340. The molecule has 2 N–H and O–H groups in total. The maximum atomic E-state index is 9.41. The Bertz CT molecular complexity index is 142. The minimum atomic E-state index is -0.560. The molecule has 1 rings (SSSR count). The first kappa shape index (κ1) is 8.75. The van der Waals surface area contributed by atoms with E-state index in [1.54, 1.807) is 0 Å². The van der Waals surface area contributed by atoms with Gasteiger partial charge in [-0.3, -0.25) is 0 Å². The SMILES string of the molecule is CC1C=CC(C)C1C(O)CO. The zero-order chi connectivity index (χ0) is 8.43. The molecule has 1 aliphatic carbocycles. The molecule has 0 radical (unpaired) electrons. The number of hydrogen-bond acceptors (Lipinski definition) is 2. The van der Waals surface area contributed by atoms with Crippen molar-refractivity contribution in [3.63, 3.8) is 0 Å². The maximum absolute atomic E-state index is 9.41. The van der Waals surface area contributed by atoms with E-state index in [1.807, 2.05) is 0 Å². The predicted molar refractivity (Wildman–Crippen MR) is 44.1 cm³/mol. The largest absolute Gasteiger partial charge is 0.394 e. The summed E-state index contributed by atoms with van der Waals surface area (Å²) in [6, 6.07) is 0. The van der Waals surface area contributed by atoms with Crippen LogP contribution in [-0.4, -0.2) is 22.9 Å². The van der Waals surface area contributed by atoms with Crippen molar-refractivity contribution in [1.29, 1.82) is 0 Å². The van der Waals surface area contributed by atoms with Crippen LogP contribution >= 0.6 is 0 Å². The van der Waals surface area contributed by atoms with Crippen LogP contribution in [0.5, 0.6) is 0 Å². The fourth-order valence-corrected chi connectivity index (χ4v) is 1.91. The van der Waals surface area contributed by atoms with E-state index < -0.39 is 6.10 Å². The van der Waals surface area contributed by atoms with E-state index in [9.17, 15) is 5.11 Å². The minimum Gasteiger partial charge on any atom is -0.394 e. The normalized spacial score (nSPS) is 39.5. The summed E-state index contributed by atoms with van der Waals surface area (Å²) in [5.74, 6) is 0.999. The van der Waals surface area contributed by atoms with Crippen LogP contribution in [0, 0.1) is 17.8 Å². The molecule has 3 atom stereocenters. The third kappa shape index (κ3) is 1.63. The Balaban J connectivity index is 2.57. The van der Waals surface area contributed by atoms with Crippen LogP contribution in [0.25, 0.3) is 0 Å². The Morgan fingerprint density at radius 2 is 1.73 bits per heavy atom. The lowest BCUT2D eigenvalue weighted by Crippen LogP contribution is -2.30. The Kier molecular flexibility index (Phi) is 2.68. The molecule has 0 bridgehead atoms. The first-order valence-corrected chi connectivity index (χ1v) is 4.14. The summed E-state index contributed by atoms with van der Waals surface area (Å²) in [4.78, 5) is 0. The van der Waals surface area contributed by atoms with E-state index >= 15 is 0 Å². The van der Waals surface area contributed by atoms with Gasteiger partial charge in [-0.25, -0.2) is 0 Å². The Morgan fingerprint density at radius 1 is 1.27 bits per heavy atom. The highest BCUT2D eigenvalue weighted by atomic mass is 16.3. The van der Waals surface area contributed by atoms with Crippen molar-refractivity contribution in [2.45, 2.75) is 20.0 Å². The zero-order valence-corrected chi connectivity index (χ0v) is 7.07. The summed E-state index contributed by atoms with van der Waals surface area (Å²) in [6.07, 6.45) is 3.65. The zero-order valence-electron chi connectivity index (χ0n) is 7.07.